The number of hydrogen-bond donors (Lipinski definition) is 4. The maximum Gasteiger partial charge on any atom is 0.305 e. The Hall–Kier alpha value is -2.24. The van der Waals surface area contributed by atoms with E-state index >= 15 is 0 Å². The van der Waals surface area contributed by atoms with Gasteiger partial charge < -0.3 is 20.6 Å². The fourth-order valence-corrected chi connectivity index (χ4v) is 1.70. The number of carbonyl (C=O) groups excluding carboxylic acids is 1. The first kappa shape index (κ1) is 15.8. The van der Waals surface area contributed by atoms with Crippen LogP contribution in [0.4, 0.5) is 0 Å². The summed E-state index contributed by atoms with van der Waals surface area (Å²) in [6, 6.07) is 3.43. The van der Waals surface area contributed by atoms with Crippen LogP contribution in [0.2, 0.25) is 0 Å². The molecule has 6 nitrogen and oxygen atoms in total. The highest BCUT2D eigenvalue weighted by atomic mass is 16.4. The summed E-state index contributed by atoms with van der Waals surface area (Å²) in [7, 11) is 0. The first-order chi connectivity index (χ1) is 9.12. The Bertz CT molecular complexity index is 519. The van der Waals surface area contributed by atoms with Crippen LogP contribution in [0.5, 0.6) is 11.5 Å². The lowest BCUT2D eigenvalue weighted by Crippen LogP contribution is -2.45. The van der Waals surface area contributed by atoms with Crippen LogP contribution in [0.1, 0.15) is 37.6 Å². The fourth-order valence-electron chi connectivity index (χ4n) is 1.70. The second-order valence-corrected chi connectivity index (χ2v) is 5.66. The minimum absolute atomic E-state index is 0.0929. The van der Waals surface area contributed by atoms with Gasteiger partial charge in [0.25, 0.3) is 5.91 Å². The van der Waals surface area contributed by atoms with E-state index in [1.165, 1.54) is 18.2 Å². The SMILES string of the molecule is CC(C)(C)C(CC(=O)O)NC(=O)c1cccc(O)c1O. The molecule has 6 heteroatoms. The van der Waals surface area contributed by atoms with E-state index < -0.39 is 34.8 Å². The van der Waals surface area contributed by atoms with Crippen molar-refractivity contribution >= 4 is 11.9 Å². The van der Waals surface area contributed by atoms with E-state index in [9.17, 15) is 19.8 Å². The monoisotopic (exact) mass is 281 g/mol. The molecule has 0 radical (unpaired) electrons. The van der Waals surface area contributed by atoms with E-state index in [0.29, 0.717) is 0 Å². The quantitative estimate of drug-likeness (QED) is 0.629. The van der Waals surface area contributed by atoms with Gasteiger partial charge in [0.15, 0.2) is 11.5 Å². The number of para-hydroxylation sites is 1. The van der Waals surface area contributed by atoms with Crippen molar-refractivity contribution < 1.29 is 24.9 Å². The first-order valence-electron chi connectivity index (χ1n) is 6.16. The number of aliphatic carboxylic acids is 1. The molecular formula is C14H19NO5. The summed E-state index contributed by atoms with van der Waals surface area (Å²) in [6.07, 6.45) is -0.227. The standard InChI is InChI=1S/C14H19NO5/c1-14(2,3)10(7-11(17)18)15-13(20)8-5-4-6-9(16)12(8)19/h4-6,10,16,19H,7H2,1-3H3,(H,15,20)(H,17,18). The molecule has 0 heterocycles. The van der Waals surface area contributed by atoms with E-state index in [0.717, 1.165) is 0 Å². The molecule has 1 amide bonds. The van der Waals surface area contributed by atoms with E-state index in [4.69, 9.17) is 5.11 Å². The smallest absolute Gasteiger partial charge is 0.305 e. The number of hydrogen-bond acceptors (Lipinski definition) is 4. The maximum atomic E-state index is 12.1. The van der Waals surface area contributed by atoms with Crippen molar-refractivity contribution in [2.24, 2.45) is 5.41 Å². The maximum absolute atomic E-state index is 12.1. The number of rotatable bonds is 4. The Kier molecular flexibility index (Phi) is 4.60. The topological polar surface area (TPSA) is 107 Å². The van der Waals surface area contributed by atoms with Crippen LogP contribution in [0.25, 0.3) is 0 Å². The molecule has 0 aliphatic heterocycles. The lowest BCUT2D eigenvalue weighted by molar-refractivity contribution is -0.138. The Morgan fingerprint density at radius 3 is 2.35 bits per heavy atom. The Labute approximate surface area is 117 Å². The summed E-state index contributed by atoms with van der Waals surface area (Å²) < 4.78 is 0. The van der Waals surface area contributed by atoms with Crippen LogP contribution in [0, 0.1) is 5.41 Å². The Balaban J connectivity index is 2.96. The number of aromatic hydroxyl groups is 2. The molecule has 0 fully saturated rings. The van der Waals surface area contributed by atoms with Gasteiger partial charge >= 0.3 is 5.97 Å². The molecule has 0 aromatic heterocycles. The van der Waals surface area contributed by atoms with Gasteiger partial charge in [0.1, 0.15) is 0 Å². The molecule has 0 saturated carbocycles. The minimum atomic E-state index is -1.02. The van der Waals surface area contributed by atoms with Crippen molar-refractivity contribution in [2.45, 2.75) is 33.2 Å². The highest BCUT2D eigenvalue weighted by molar-refractivity contribution is 5.98. The average molecular weight is 281 g/mol. The summed E-state index contributed by atoms with van der Waals surface area (Å²) in [5.41, 5.74) is -0.551. The molecule has 0 spiro atoms. The lowest BCUT2D eigenvalue weighted by Gasteiger charge is -2.30. The zero-order valence-corrected chi connectivity index (χ0v) is 11.7. The number of carboxylic acids is 1. The van der Waals surface area contributed by atoms with Gasteiger partial charge in [-0.2, -0.15) is 0 Å². The van der Waals surface area contributed by atoms with Crippen molar-refractivity contribution in [3.63, 3.8) is 0 Å². The van der Waals surface area contributed by atoms with Crippen LogP contribution in [0.15, 0.2) is 18.2 Å². The number of phenols is 2. The predicted molar refractivity (Wildman–Crippen MR) is 72.7 cm³/mol. The Morgan fingerprint density at radius 2 is 1.85 bits per heavy atom. The average Bonchev–Trinajstić information content (AvgIpc) is 2.30. The molecular weight excluding hydrogens is 262 g/mol. The highest BCUT2D eigenvalue weighted by Gasteiger charge is 2.29. The van der Waals surface area contributed by atoms with Crippen LogP contribution in [0.3, 0.4) is 0 Å². The van der Waals surface area contributed by atoms with Gasteiger partial charge in [-0.05, 0) is 17.5 Å². The second-order valence-electron chi connectivity index (χ2n) is 5.66. The number of benzene rings is 1. The van der Waals surface area contributed by atoms with Crippen molar-refractivity contribution in [1.82, 2.24) is 5.32 Å². The van der Waals surface area contributed by atoms with Crippen molar-refractivity contribution in [3.8, 4) is 11.5 Å². The molecule has 0 aliphatic carbocycles. The van der Waals surface area contributed by atoms with Gasteiger partial charge in [-0.15, -0.1) is 0 Å². The van der Waals surface area contributed by atoms with E-state index in [1.54, 1.807) is 0 Å². The van der Waals surface area contributed by atoms with Crippen molar-refractivity contribution in [1.29, 1.82) is 0 Å². The summed E-state index contributed by atoms with van der Waals surface area (Å²) in [4.78, 5) is 22.9. The van der Waals surface area contributed by atoms with Crippen LogP contribution in [-0.2, 0) is 4.79 Å². The molecule has 110 valence electrons. The van der Waals surface area contributed by atoms with Gasteiger partial charge in [-0.25, -0.2) is 0 Å². The molecule has 20 heavy (non-hydrogen) atoms. The molecule has 1 rings (SSSR count). The largest absolute Gasteiger partial charge is 0.504 e. The fraction of sp³-hybridized carbons (Fsp3) is 0.429. The molecule has 0 bridgehead atoms. The number of carboxylic acid groups (broad SMARTS) is 1. The summed E-state index contributed by atoms with van der Waals surface area (Å²) in [5.74, 6) is -2.57. The number of carbonyl (C=O) groups is 2. The molecule has 0 aliphatic rings. The number of phenolic OH excluding ortho intramolecular Hbond substituents is 2. The van der Waals surface area contributed by atoms with Gasteiger partial charge in [0.2, 0.25) is 0 Å². The minimum Gasteiger partial charge on any atom is -0.504 e. The summed E-state index contributed by atoms with van der Waals surface area (Å²) >= 11 is 0. The van der Waals surface area contributed by atoms with Gasteiger partial charge in [0.05, 0.1) is 12.0 Å². The molecule has 4 N–H and O–H groups in total. The lowest BCUT2D eigenvalue weighted by atomic mass is 9.84. The molecule has 1 unspecified atom stereocenters. The van der Waals surface area contributed by atoms with Crippen molar-refractivity contribution in [3.05, 3.63) is 23.8 Å². The van der Waals surface area contributed by atoms with Crippen LogP contribution < -0.4 is 5.32 Å². The number of nitrogens with one attached hydrogen (secondary N) is 1. The van der Waals surface area contributed by atoms with Crippen LogP contribution in [-0.4, -0.2) is 33.2 Å². The third-order valence-electron chi connectivity index (χ3n) is 2.99. The van der Waals surface area contributed by atoms with Crippen molar-refractivity contribution in [2.75, 3.05) is 0 Å². The molecule has 0 saturated heterocycles. The third-order valence-corrected chi connectivity index (χ3v) is 2.99. The van der Waals surface area contributed by atoms with Crippen LogP contribution >= 0.6 is 0 Å². The molecule has 1 aromatic rings. The van der Waals surface area contributed by atoms with Gasteiger partial charge in [-0.3, -0.25) is 9.59 Å². The van der Waals surface area contributed by atoms with E-state index in [1.807, 2.05) is 20.8 Å². The molecule has 1 atom stereocenters. The normalized spacial score (nSPS) is 12.8. The summed E-state index contributed by atoms with van der Waals surface area (Å²) in [5, 5.41) is 30.5. The van der Waals surface area contributed by atoms with E-state index in [2.05, 4.69) is 5.32 Å². The van der Waals surface area contributed by atoms with E-state index in [-0.39, 0.29) is 12.0 Å². The highest BCUT2D eigenvalue weighted by Crippen LogP contribution is 2.29. The zero-order chi connectivity index (χ0) is 15.5. The van der Waals surface area contributed by atoms with Gasteiger partial charge in [-0.1, -0.05) is 26.8 Å². The predicted octanol–water partition coefficient (Wildman–Crippen LogP) is 1.72. The zero-order valence-electron chi connectivity index (χ0n) is 11.7. The van der Waals surface area contributed by atoms with Gasteiger partial charge in [0, 0.05) is 6.04 Å². The third kappa shape index (κ3) is 3.88. The Morgan fingerprint density at radius 1 is 1.25 bits per heavy atom. The number of amides is 1. The first-order valence-corrected chi connectivity index (χ1v) is 6.16. The second kappa shape index (κ2) is 5.81. The molecule has 1 aromatic carbocycles. The summed E-state index contributed by atoms with van der Waals surface area (Å²) in [6.45, 7) is 5.43.